The quantitative estimate of drug-likeness (QED) is 0.698. The zero-order valence-corrected chi connectivity index (χ0v) is 10.7. The summed E-state index contributed by atoms with van der Waals surface area (Å²) >= 11 is 0. The molecule has 0 aliphatic rings. The van der Waals surface area contributed by atoms with Gasteiger partial charge in [-0.05, 0) is 18.8 Å². The Bertz CT molecular complexity index is 317. The first-order chi connectivity index (χ1) is 6.85. The van der Waals surface area contributed by atoms with E-state index in [9.17, 15) is 8.42 Å². The van der Waals surface area contributed by atoms with E-state index in [1.54, 1.807) is 0 Å². The van der Waals surface area contributed by atoms with E-state index in [4.69, 9.17) is 5.26 Å². The summed E-state index contributed by atoms with van der Waals surface area (Å²) in [6, 6.07) is 1.50. The third-order valence-corrected chi connectivity index (χ3v) is 4.24. The number of nitriles is 1. The highest BCUT2D eigenvalue weighted by Gasteiger charge is 2.25. The fourth-order valence-electron chi connectivity index (χ4n) is 1.32. The van der Waals surface area contributed by atoms with Gasteiger partial charge in [-0.3, -0.25) is 0 Å². The molecule has 0 aromatic carbocycles. The monoisotopic (exact) mass is 232 g/mol. The Morgan fingerprint density at radius 3 is 2.27 bits per heavy atom. The fraction of sp³-hybridized carbons (Fsp3) is 0.900. The van der Waals surface area contributed by atoms with Gasteiger partial charge in [-0.1, -0.05) is 20.8 Å². The van der Waals surface area contributed by atoms with E-state index >= 15 is 0 Å². The molecule has 4 nitrogen and oxygen atoms in total. The molecule has 88 valence electrons. The summed E-state index contributed by atoms with van der Waals surface area (Å²) in [5.74, 6) is 0.425. The van der Waals surface area contributed by atoms with Gasteiger partial charge in [-0.25, -0.2) is 8.42 Å². The van der Waals surface area contributed by atoms with Crippen molar-refractivity contribution in [3.05, 3.63) is 0 Å². The highest BCUT2D eigenvalue weighted by Crippen LogP contribution is 2.13. The number of hydrogen-bond donors (Lipinski definition) is 0. The van der Waals surface area contributed by atoms with E-state index in [-0.39, 0.29) is 5.75 Å². The number of sulfonamides is 1. The van der Waals surface area contributed by atoms with E-state index in [0.717, 1.165) is 0 Å². The predicted molar refractivity (Wildman–Crippen MR) is 60.7 cm³/mol. The largest absolute Gasteiger partial charge is 0.215 e. The van der Waals surface area contributed by atoms with Crippen molar-refractivity contribution in [1.29, 1.82) is 5.26 Å². The maximum Gasteiger partial charge on any atom is 0.215 e. The molecule has 0 aliphatic heterocycles. The standard InChI is InChI=1S/C10H20N2O2S/c1-5-6-15(13,14)12(4)10(8-11)7-9(2)3/h9-10H,5-7H2,1-4H3. The second-order valence-corrected chi connectivity index (χ2v) is 6.25. The van der Waals surface area contributed by atoms with Crippen LogP contribution in [-0.2, 0) is 10.0 Å². The molecule has 0 radical (unpaired) electrons. The Morgan fingerprint density at radius 2 is 1.93 bits per heavy atom. The van der Waals surface area contributed by atoms with Gasteiger partial charge in [-0.2, -0.15) is 9.57 Å². The van der Waals surface area contributed by atoms with Gasteiger partial charge in [0.2, 0.25) is 10.0 Å². The molecule has 0 rings (SSSR count). The van der Waals surface area contributed by atoms with E-state index in [1.165, 1.54) is 11.4 Å². The number of rotatable bonds is 6. The highest BCUT2D eigenvalue weighted by atomic mass is 32.2. The lowest BCUT2D eigenvalue weighted by Crippen LogP contribution is -2.38. The lowest BCUT2D eigenvalue weighted by molar-refractivity contribution is 0.371. The van der Waals surface area contributed by atoms with Crippen LogP contribution in [-0.4, -0.2) is 31.6 Å². The molecule has 0 aromatic rings. The van der Waals surface area contributed by atoms with Gasteiger partial charge < -0.3 is 0 Å². The van der Waals surface area contributed by atoms with Crippen LogP contribution in [0.2, 0.25) is 0 Å². The van der Waals surface area contributed by atoms with Gasteiger partial charge in [0, 0.05) is 7.05 Å². The van der Waals surface area contributed by atoms with E-state index in [1.807, 2.05) is 26.8 Å². The first-order valence-electron chi connectivity index (χ1n) is 5.20. The Hall–Kier alpha value is -0.600. The SMILES string of the molecule is CCCS(=O)(=O)N(C)C(C#N)CC(C)C. The van der Waals surface area contributed by atoms with E-state index < -0.39 is 16.1 Å². The second-order valence-electron chi connectivity index (χ2n) is 4.11. The molecular weight excluding hydrogens is 212 g/mol. The number of hydrogen-bond acceptors (Lipinski definition) is 3. The summed E-state index contributed by atoms with van der Waals surface area (Å²) in [6.07, 6.45) is 1.16. The third-order valence-electron chi connectivity index (χ3n) is 2.18. The van der Waals surface area contributed by atoms with Crippen molar-refractivity contribution < 1.29 is 8.42 Å². The van der Waals surface area contributed by atoms with Gasteiger partial charge in [0.25, 0.3) is 0 Å². The Labute approximate surface area is 92.9 Å². The molecule has 1 unspecified atom stereocenters. The molecule has 0 N–H and O–H groups in total. The molecule has 5 heteroatoms. The Balaban J connectivity index is 4.66. The zero-order valence-electron chi connectivity index (χ0n) is 9.90. The summed E-state index contributed by atoms with van der Waals surface area (Å²) in [5.41, 5.74) is 0. The predicted octanol–water partition coefficient (Wildman–Crippen LogP) is 1.60. The van der Waals surface area contributed by atoms with Gasteiger partial charge in [0.05, 0.1) is 11.8 Å². The molecule has 0 amide bonds. The third kappa shape index (κ3) is 4.63. The smallest absolute Gasteiger partial charge is 0.212 e. The average Bonchev–Trinajstić information content (AvgIpc) is 2.12. The molecule has 15 heavy (non-hydrogen) atoms. The van der Waals surface area contributed by atoms with Gasteiger partial charge in [0.15, 0.2) is 0 Å². The van der Waals surface area contributed by atoms with Crippen LogP contribution >= 0.6 is 0 Å². The molecule has 0 saturated heterocycles. The fourth-order valence-corrected chi connectivity index (χ4v) is 2.65. The topological polar surface area (TPSA) is 61.2 Å². The lowest BCUT2D eigenvalue weighted by Gasteiger charge is -2.23. The molecule has 0 saturated carbocycles. The molecule has 0 aromatic heterocycles. The Morgan fingerprint density at radius 1 is 1.40 bits per heavy atom. The summed E-state index contributed by atoms with van der Waals surface area (Å²) in [7, 11) is -1.77. The van der Waals surface area contributed by atoms with Crippen LogP contribution in [0.1, 0.15) is 33.6 Å². The van der Waals surface area contributed by atoms with Crippen LogP contribution in [0.3, 0.4) is 0 Å². The van der Waals surface area contributed by atoms with Crippen LogP contribution in [0.5, 0.6) is 0 Å². The van der Waals surface area contributed by atoms with Crippen molar-refractivity contribution in [2.24, 2.45) is 5.92 Å². The first kappa shape index (κ1) is 14.4. The maximum absolute atomic E-state index is 11.7. The van der Waals surface area contributed by atoms with Crippen molar-refractivity contribution in [3.63, 3.8) is 0 Å². The van der Waals surface area contributed by atoms with E-state index in [2.05, 4.69) is 0 Å². The maximum atomic E-state index is 11.7. The van der Waals surface area contributed by atoms with Crippen molar-refractivity contribution in [2.45, 2.75) is 39.7 Å². The minimum atomic E-state index is -3.26. The summed E-state index contributed by atoms with van der Waals surface area (Å²) in [6.45, 7) is 5.77. The normalized spacial score (nSPS) is 14.2. The Kier molecular flexibility index (Phi) is 5.84. The van der Waals surface area contributed by atoms with Gasteiger partial charge in [0.1, 0.15) is 6.04 Å². The van der Waals surface area contributed by atoms with Crippen molar-refractivity contribution in [1.82, 2.24) is 4.31 Å². The molecule has 0 bridgehead atoms. The molecular formula is C10H20N2O2S. The van der Waals surface area contributed by atoms with Crippen molar-refractivity contribution in [3.8, 4) is 6.07 Å². The van der Waals surface area contributed by atoms with Gasteiger partial charge in [-0.15, -0.1) is 0 Å². The van der Waals surface area contributed by atoms with Crippen LogP contribution in [0, 0.1) is 17.2 Å². The average molecular weight is 232 g/mol. The molecule has 0 heterocycles. The van der Waals surface area contributed by atoms with Crippen LogP contribution < -0.4 is 0 Å². The first-order valence-corrected chi connectivity index (χ1v) is 6.81. The molecule has 1 atom stereocenters. The zero-order chi connectivity index (χ0) is 12.1. The van der Waals surface area contributed by atoms with Crippen LogP contribution in [0.15, 0.2) is 0 Å². The van der Waals surface area contributed by atoms with Crippen molar-refractivity contribution in [2.75, 3.05) is 12.8 Å². The minimum Gasteiger partial charge on any atom is -0.212 e. The van der Waals surface area contributed by atoms with E-state index in [0.29, 0.717) is 18.8 Å². The second kappa shape index (κ2) is 6.09. The summed E-state index contributed by atoms with van der Waals surface area (Å²) in [5, 5.41) is 8.92. The molecule has 0 aliphatic carbocycles. The summed E-state index contributed by atoms with van der Waals surface area (Å²) in [4.78, 5) is 0. The molecule has 0 fully saturated rings. The lowest BCUT2D eigenvalue weighted by atomic mass is 10.1. The highest BCUT2D eigenvalue weighted by molar-refractivity contribution is 7.89. The van der Waals surface area contributed by atoms with Crippen LogP contribution in [0.25, 0.3) is 0 Å². The number of nitrogens with zero attached hydrogens (tertiary/aromatic N) is 2. The van der Waals surface area contributed by atoms with Gasteiger partial charge >= 0.3 is 0 Å². The van der Waals surface area contributed by atoms with Crippen LogP contribution in [0.4, 0.5) is 0 Å². The van der Waals surface area contributed by atoms with Crippen molar-refractivity contribution >= 4 is 10.0 Å². The minimum absolute atomic E-state index is 0.111. The summed E-state index contributed by atoms with van der Waals surface area (Å²) < 4.78 is 24.6. The molecule has 0 spiro atoms.